The maximum absolute atomic E-state index is 12.5. The molecular weight excluding hydrogens is 264 g/mol. The van der Waals surface area contributed by atoms with Gasteiger partial charge in [0.15, 0.2) is 5.69 Å². The summed E-state index contributed by atoms with van der Waals surface area (Å²) >= 11 is 0. The normalized spacial score (nSPS) is 14.1. The molecule has 0 saturated heterocycles. The van der Waals surface area contributed by atoms with Crippen LogP contribution in [-0.4, -0.2) is 29.1 Å². The second kappa shape index (κ2) is 6.12. The van der Waals surface area contributed by atoms with Crippen LogP contribution in [-0.2, 0) is 6.42 Å². The van der Waals surface area contributed by atoms with Gasteiger partial charge in [-0.05, 0) is 31.7 Å². The van der Waals surface area contributed by atoms with E-state index in [-0.39, 0.29) is 5.91 Å². The van der Waals surface area contributed by atoms with E-state index in [0.29, 0.717) is 24.7 Å². The average Bonchev–Trinajstić information content (AvgIpc) is 3.26. The summed E-state index contributed by atoms with van der Waals surface area (Å²) in [6.07, 6.45) is 3.15. The molecule has 1 amide bonds. The quantitative estimate of drug-likeness (QED) is 0.818. The smallest absolute Gasteiger partial charge is 0.276 e. The van der Waals surface area contributed by atoms with Crippen LogP contribution in [0.25, 0.3) is 0 Å². The molecule has 0 bridgehead atoms. The van der Waals surface area contributed by atoms with E-state index in [2.05, 4.69) is 17.3 Å². The Morgan fingerprint density at radius 3 is 2.76 bits per heavy atom. The van der Waals surface area contributed by atoms with Gasteiger partial charge in [0.1, 0.15) is 5.76 Å². The van der Waals surface area contributed by atoms with Crippen LogP contribution >= 0.6 is 0 Å². The molecule has 21 heavy (non-hydrogen) atoms. The molecule has 0 radical (unpaired) electrons. The van der Waals surface area contributed by atoms with E-state index in [4.69, 9.17) is 4.52 Å². The van der Waals surface area contributed by atoms with Gasteiger partial charge in [-0.15, -0.1) is 0 Å². The highest BCUT2D eigenvalue weighted by Gasteiger charge is 2.29. The van der Waals surface area contributed by atoms with Crippen molar-refractivity contribution in [1.82, 2.24) is 10.1 Å². The van der Waals surface area contributed by atoms with Crippen LogP contribution in [0.1, 0.15) is 47.5 Å². The van der Waals surface area contributed by atoms with E-state index in [0.717, 1.165) is 25.0 Å². The summed E-state index contributed by atoms with van der Waals surface area (Å²) in [6, 6.07) is 12.0. The molecule has 1 aromatic carbocycles. The lowest BCUT2D eigenvalue weighted by atomic mass is 10.1. The van der Waals surface area contributed by atoms with Crippen LogP contribution in [0.15, 0.2) is 40.9 Å². The summed E-state index contributed by atoms with van der Waals surface area (Å²) < 4.78 is 5.27. The molecule has 0 spiro atoms. The third kappa shape index (κ3) is 3.32. The standard InChI is InChI=1S/C17H20N2O2/c1-2-19(11-10-13-6-4-3-5-7-13)17(20)15-12-16(21-18-15)14-8-9-14/h3-7,12,14H,2,8-11H2,1H3. The Labute approximate surface area is 124 Å². The Hall–Kier alpha value is -2.10. The largest absolute Gasteiger partial charge is 0.360 e. The van der Waals surface area contributed by atoms with Crippen molar-refractivity contribution in [1.29, 1.82) is 0 Å². The number of hydrogen-bond acceptors (Lipinski definition) is 3. The molecule has 1 heterocycles. The van der Waals surface area contributed by atoms with E-state index in [1.165, 1.54) is 5.56 Å². The fraction of sp³-hybridized carbons (Fsp3) is 0.412. The summed E-state index contributed by atoms with van der Waals surface area (Å²) in [5, 5.41) is 3.94. The van der Waals surface area contributed by atoms with Crippen molar-refractivity contribution in [2.45, 2.75) is 32.1 Å². The SMILES string of the molecule is CCN(CCc1ccccc1)C(=O)c1cc(C2CC2)on1. The Kier molecular flexibility index (Phi) is 4.04. The molecular formula is C17H20N2O2. The van der Waals surface area contributed by atoms with Gasteiger partial charge in [-0.2, -0.15) is 0 Å². The highest BCUT2D eigenvalue weighted by atomic mass is 16.5. The van der Waals surface area contributed by atoms with Crippen molar-refractivity contribution >= 4 is 5.91 Å². The number of rotatable bonds is 6. The number of carbonyl (C=O) groups is 1. The molecule has 0 atom stereocenters. The van der Waals surface area contributed by atoms with Crippen molar-refractivity contribution < 1.29 is 9.32 Å². The topological polar surface area (TPSA) is 46.3 Å². The Balaban J connectivity index is 1.62. The predicted octanol–water partition coefficient (Wildman–Crippen LogP) is 3.26. The number of likely N-dealkylation sites (N-methyl/N-ethyl adjacent to an activating group) is 1. The molecule has 4 nitrogen and oxygen atoms in total. The Morgan fingerprint density at radius 1 is 1.33 bits per heavy atom. The van der Waals surface area contributed by atoms with Crippen molar-refractivity contribution in [3.05, 3.63) is 53.4 Å². The first-order valence-electron chi connectivity index (χ1n) is 7.57. The van der Waals surface area contributed by atoms with E-state index >= 15 is 0 Å². The fourth-order valence-electron chi connectivity index (χ4n) is 2.42. The lowest BCUT2D eigenvalue weighted by Crippen LogP contribution is -2.32. The molecule has 1 aliphatic rings. The van der Waals surface area contributed by atoms with Crippen molar-refractivity contribution in [3.63, 3.8) is 0 Å². The van der Waals surface area contributed by atoms with Gasteiger partial charge in [0, 0.05) is 25.1 Å². The van der Waals surface area contributed by atoms with Gasteiger partial charge in [0.05, 0.1) is 0 Å². The van der Waals surface area contributed by atoms with E-state index in [9.17, 15) is 4.79 Å². The van der Waals surface area contributed by atoms with Gasteiger partial charge in [-0.1, -0.05) is 35.5 Å². The highest BCUT2D eigenvalue weighted by molar-refractivity contribution is 5.92. The maximum Gasteiger partial charge on any atom is 0.276 e. The van der Waals surface area contributed by atoms with E-state index in [1.54, 1.807) is 0 Å². The average molecular weight is 284 g/mol. The molecule has 1 aliphatic carbocycles. The van der Waals surface area contributed by atoms with Crippen LogP contribution in [0.3, 0.4) is 0 Å². The maximum atomic E-state index is 12.5. The molecule has 110 valence electrons. The second-order valence-electron chi connectivity index (χ2n) is 5.51. The number of hydrogen-bond donors (Lipinski definition) is 0. The molecule has 0 aliphatic heterocycles. The van der Waals surface area contributed by atoms with Gasteiger partial charge in [0.25, 0.3) is 5.91 Å². The molecule has 1 fully saturated rings. The lowest BCUT2D eigenvalue weighted by Gasteiger charge is -2.19. The van der Waals surface area contributed by atoms with Crippen LogP contribution in [0, 0.1) is 0 Å². The predicted molar refractivity (Wildman–Crippen MR) is 80.2 cm³/mol. The van der Waals surface area contributed by atoms with Crippen molar-refractivity contribution in [3.8, 4) is 0 Å². The molecule has 2 aromatic rings. The van der Waals surface area contributed by atoms with Crippen LogP contribution in [0.4, 0.5) is 0 Å². The van der Waals surface area contributed by atoms with Gasteiger partial charge >= 0.3 is 0 Å². The summed E-state index contributed by atoms with van der Waals surface area (Å²) in [5.74, 6) is 1.31. The molecule has 1 saturated carbocycles. The molecule has 0 unspecified atom stereocenters. The zero-order valence-corrected chi connectivity index (χ0v) is 12.3. The summed E-state index contributed by atoms with van der Waals surface area (Å²) in [4.78, 5) is 14.3. The molecule has 0 N–H and O–H groups in total. The monoisotopic (exact) mass is 284 g/mol. The van der Waals surface area contributed by atoms with Crippen LogP contribution < -0.4 is 0 Å². The van der Waals surface area contributed by atoms with Gasteiger partial charge in [-0.25, -0.2) is 0 Å². The lowest BCUT2D eigenvalue weighted by molar-refractivity contribution is 0.0755. The first-order valence-corrected chi connectivity index (χ1v) is 7.57. The number of amides is 1. The number of nitrogens with zero attached hydrogens (tertiary/aromatic N) is 2. The minimum absolute atomic E-state index is 0.0379. The van der Waals surface area contributed by atoms with E-state index in [1.807, 2.05) is 36.1 Å². The highest BCUT2D eigenvalue weighted by Crippen LogP contribution is 2.40. The minimum atomic E-state index is -0.0379. The van der Waals surface area contributed by atoms with E-state index < -0.39 is 0 Å². The second-order valence-corrected chi connectivity index (χ2v) is 5.51. The third-order valence-corrected chi connectivity index (χ3v) is 3.91. The first-order chi connectivity index (χ1) is 10.3. The molecule has 3 rings (SSSR count). The number of aromatic nitrogens is 1. The third-order valence-electron chi connectivity index (χ3n) is 3.91. The van der Waals surface area contributed by atoms with Crippen molar-refractivity contribution in [2.75, 3.05) is 13.1 Å². The Morgan fingerprint density at radius 2 is 2.10 bits per heavy atom. The number of benzene rings is 1. The minimum Gasteiger partial charge on any atom is -0.360 e. The molecule has 1 aromatic heterocycles. The fourth-order valence-corrected chi connectivity index (χ4v) is 2.42. The first kappa shape index (κ1) is 13.9. The van der Waals surface area contributed by atoms with Gasteiger partial charge in [-0.3, -0.25) is 4.79 Å². The van der Waals surface area contributed by atoms with Crippen LogP contribution in [0.5, 0.6) is 0 Å². The zero-order chi connectivity index (χ0) is 14.7. The summed E-state index contributed by atoms with van der Waals surface area (Å²) in [6.45, 7) is 3.37. The van der Waals surface area contributed by atoms with Gasteiger partial charge < -0.3 is 9.42 Å². The van der Waals surface area contributed by atoms with Gasteiger partial charge in [0.2, 0.25) is 0 Å². The van der Waals surface area contributed by atoms with Crippen molar-refractivity contribution in [2.24, 2.45) is 0 Å². The number of carbonyl (C=O) groups excluding carboxylic acids is 1. The van der Waals surface area contributed by atoms with Crippen LogP contribution in [0.2, 0.25) is 0 Å². The Bertz CT molecular complexity index is 602. The summed E-state index contributed by atoms with van der Waals surface area (Å²) in [5.41, 5.74) is 1.68. The zero-order valence-electron chi connectivity index (χ0n) is 12.3. The molecule has 4 heteroatoms. The summed E-state index contributed by atoms with van der Waals surface area (Å²) in [7, 11) is 0.